The monoisotopic (exact) mass is 428 g/mol. The zero-order valence-electron chi connectivity index (χ0n) is 18.9. The van der Waals surface area contributed by atoms with Gasteiger partial charge in [0.2, 0.25) is 0 Å². The van der Waals surface area contributed by atoms with Crippen LogP contribution >= 0.6 is 0 Å². The third-order valence-corrected chi connectivity index (χ3v) is 5.66. The lowest BCUT2D eigenvalue weighted by atomic mass is 10.0. The summed E-state index contributed by atoms with van der Waals surface area (Å²) in [5.41, 5.74) is 0.286. The van der Waals surface area contributed by atoms with Gasteiger partial charge in [0.15, 0.2) is 0 Å². The van der Waals surface area contributed by atoms with E-state index in [0.29, 0.717) is 18.8 Å². The molecule has 2 N–H and O–H groups in total. The molecular formula is C25H36N2O4. The fourth-order valence-electron chi connectivity index (χ4n) is 3.83. The second-order valence-electron chi connectivity index (χ2n) is 8.22. The van der Waals surface area contributed by atoms with Crippen LogP contribution in [0.15, 0.2) is 39.9 Å². The van der Waals surface area contributed by atoms with Crippen molar-refractivity contribution in [2.75, 3.05) is 23.3 Å². The average Bonchev–Trinajstić information content (AvgIpc) is 2.78. The summed E-state index contributed by atoms with van der Waals surface area (Å²) in [6, 6.07) is 8.32. The number of nitrogens with zero attached hydrogens (tertiary/aromatic N) is 1. The molecule has 0 amide bonds. The molecule has 31 heavy (non-hydrogen) atoms. The molecule has 6 heteroatoms. The molecular weight excluding hydrogens is 392 g/mol. The molecule has 0 spiro atoms. The smallest absolute Gasteiger partial charge is 0.326 e. The standard InChI is InChI=1S/C25H36N2O4/c1-3-5-7-12-16-27(17-13-8-6-4-2)22-21(23(28)24(22)29)26-20(25(30)31)18-19-14-10-9-11-15-19/h9-11,14-15,20,26H,3-8,12-13,16-18H2,1-2H3,(H,30,31)/t20-/m0/s1. The number of hydrogen-bond donors (Lipinski definition) is 2. The third-order valence-electron chi connectivity index (χ3n) is 5.66. The normalized spacial score (nSPS) is 12.1. The highest BCUT2D eigenvalue weighted by molar-refractivity contribution is 5.83. The zero-order chi connectivity index (χ0) is 22.6. The first-order valence-corrected chi connectivity index (χ1v) is 11.6. The zero-order valence-corrected chi connectivity index (χ0v) is 18.9. The highest BCUT2D eigenvalue weighted by Crippen LogP contribution is 2.23. The van der Waals surface area contributed by atoms with E-state index >= 15 is 0 Å². The topological polar surface area (TPSA) is 86.7 Å². The molecule has 170 valence electrons. The fraction of sp³-hybridized carbons (Fsp3) is 0.560. The second kappa shape index (κ2) is 12.9. The van der Waals surface area contributed by atoms with Crippen LogP contribution in [0.25, 0.3) is 0 Å². The Balaban J connectivity index is 2.17. The van der Waals surface area contributed by atoms with E-state index in [1.807, 2.05) is 35.2 Å². The number of benzene rings is 1. The van der Waals surface area contributed by atoms with Gasteiger partial charge in [-0.15, -0.1) is 0 Å². The lowest BCUT2D eigenvalue weighted by Crippen LogP contribution is -2.46. The summed E-state index contributed by atoms with van der Waals surface area (Å²) in [6.07, 6.45) is 8.82. The van der Waals surface area contributed by atoms with Crippen LogP contribution in [0.5, 0.6) is 0 Å². The number of rotatable bonds is 16. The van der Waals surface area contributed by atoms with Gasteiger partial charge in [-0.3, -0.25) is 9.59 Å². The summed E-state index contributed by atoms with van der Waals surface area (Å²) in [5, 5.41) is 12.6. The number of nitrogens with one attached hydrogen (secondary N) is 1. The van der Waals surface area contributed by atoms with E-state index in [0.717, 1.165) is 56.9 Å². The Labute approximate surface area is 185 Å². The largest absolute Gasteiger partial charge is 0.480 e. The molecule has 0 aliphatic heterocycles. The molecule has 0 saturated carbocycles. The van der Waals surface area contributed by atoms with Crippen molar-refractivity contribution in [1.29, 1.82) is 0 Å². The van der Waals surface area contributed by atoms with E-state index in [1.165, 1.54) is 0 Å². The molecule has 0 bridgehead atoms. The maximum atomic E-state index is 12.5. The van der Waals surface area contributed by atoms with Gasteiger partial charge in [0.1, 0.15) is 17.4 Å². The maximum Gasteiger partial charge on any atom is 0.326 e. The summed E-state index contributed by atoms with van der Waals surface area (Å²) in [4.78, 5) is 38.7. The van der Waals surface area contributed by atoms with Crippen molar-refractivity contribution in [2.24, 2.45) is 0 Å². The Morgan fingerprint density at radius 3 is 2.00 bits per heavy atom. The average molecular weight is 429 g/mol. The number of anilines is 2. The predicted molar refractivity (Wildman–Crippen MR) is 127 cm³/mol. The number of aliphatic carboxylic acids is 1. The van der Waals surface area contributed by atoms with E-state index in [9.17, 15) is 19.5 Å². The van der Waals surface area contributed by atoms with Gasteiger partial charge in [-0.25, -0.2) is 4.79 Å². The van der Waals surface area contributed by atoms with Gasteiger partial charge in [-0.2, -0.15) is 0 Å². The first-order valence-electron chi connectivity index (χ1n) is 11.6. The summed E-state index contributed by atoms with van der Waals surface area (Å²) in [7, 11) is 0. The van der Waals surface area contributed by atoms with Crippen LogP contribution in [0.4, 0.5) is 11.4 Å². The van der Waals surface area contributed by atoms with E-state index in [1.54, 1.807) is 0 Å². The van der Waals surface area contributed by atoms with Crippen LogP contribution in [0.2, 0.25) is 0 Å². The molecule has 6 nitrogen and oxygen atoms in total. The van der Waals surface area contributed by atoms with Crippen molar-refractivity contribution in [3.05, 3.63) is 56.3 Å². The quantitative estimate of drug-likeness (QED) is 0.305. The first-order chi connectivity index (χ1) is 15.0. The molecule has 2 aromatic rings. The van der Waals surface area contributed by atoms with Gasteiger partial charge >= 0.3 is 5.97 Å². The van der Waals surface area contributed by atoms with E-state index in [2.05, 4.69) is 19.2 Å². The van der Waals surface area contributed by atoms with Crippen LogP contribution in [-0.2, 0) is 11.2 Å². The van der Waals surface area contributed by atoms with Gasteiger partial charge in [-0.05, 0) is 18.4 Å². The predicted octanol–water partition coefficient (Wildman–Crippen LogP) is 4.36. The van der Waals surface area contributed by atoms with Crippen molar-refractivity contribution in [3.8, 4) is 0 Å². The van der Waals surface area contributed by atoms with Crippen LogP contribution in [-0.4, -0.2) is 30.2 Å². The lowest BCUT2D eigenvalue weighted by molar-refractivity contribution is -0.137. The molecule has 2 rings (SSSR count). The van der Waals surface area contributed by atoms with Crippen LogP contribution in [0.1, 0.15) is 70.8 Å². The second-order valence-corrected chi connectivity index (χ2v) is 8.22. The number of hydrogen-bond acceptors (Lipinski definition) is 5. The van der Waals surface area contributed by atoms with Crippen molar-refractivity contribution in [2.45, 2.75) is 77.7 Å². The maximum absolute atomic E-state index is 12.5. The SMILES string of the molecule is CCCCCCN(CCCCCC)c1c(N[C@@H](Cc2ccccc2)C(=O)O)c(=O)c1=O. The summed E-state index contributed by atoms with van der Waals surface area (Å²) < 4.78 is 0. The molecule has 2 aromatic carbocycles. The Kier molecular flexibility index (Phi) is 10.3. The molecule has 0 fully saturated rings. The van der Waals surface area contributed by atoms with Crippen molar-refractivity contribution < 1.29 is 9.90 Å². The first kappa shape index (κ1) is 24.6. The number of carboxylic acids is 1. The fourth-order valence-corrected chi connectivity index (χ4v) is 3.83. The summed E-state index contributed by atoms with van der Waals surface area (Å²) >= 11 is 0. The minimum atomic E-state index is -1.04. The summed E-state index contributed by atoms with van der Waals surface area (Å²) in [6.45, 7) is 5.73. The van der Waals surface area contributed by atoms with E-state index in [-0.39, 0.29) is 12.1 Å². The highest BCUT2D eigenvalue weighted by Gasteiger charge is 2.29. The Bertz CT molecular complexity index is 859. The van der Waals surface area contributed by atoms with Crippen LogP contribution < -0.4 is 21.1 Å². The molecule has 0 unspecified atom stereocenters. The molecule has 0 radical (unpaired) electrons. The van der Waals surface area contributed by atoms with Gasteiger partial charge in [0.05, 0.1) is 0 Å². The summed E-state index contributed by atoms with van der Waals surface area (Å²) in [5.74, 6) is -1.04. The molecule has 0 aliphatic carbocycles. The minimum Gasteiger partial charge on any atom is -0.480 e. The molecule has 1 atom stereocenters. The van der Waals surface area contributed by atoms with Gasteiger partial charge in [-0.1, -0.05) is 82.7 Å². The minimum absolute atomic E-state index is 0.166. The lowest BCUT2D eigenvalue weighted by Gasteiger charge is -2.29. The van der Waals surface area contributed by atoms with Crippen molar-refractivity contribution in [3.63, 3.8) is 0 Å². The number of carbonyl (C=O) groups is 1. The van der Waals surface area contributed by atoms with E-state index < -0.39 is 22.9 Å². The van der Waals surface area contributed by atoms with Crippen molar-refractivity contribution >= 4 is 17.3 Å². The highest BCUT2D eigenvalue weighted by atomic mass is 16.4. The van der Waals surface area contributed by atoms with Gasteiger partial charge in [0.25, 0.3) is 10.9 Å². The van der Waals surface area contributed by atoms with Crippen LogP contribution in [0.3, 0.4) is 0 Å². The van der Waals surface area contributed by atoms with Gasteiger partial charge in [0, 0.05) is 19.5 Å². The molecule has 0 aliphatic rings. The Hall–Kier alpha value is -2.63. The number of carboxylic acid groups (broad SMARTS) is 1. The van der Waals surface area contributed by atoms with E-state index in [4.69, 9.17) is 0 Å². The Morgan fingerprint density at radius 2 is 1.48 bits per heavy atom. The number of unbranched alkanes of at least 4 members (excludes halogenated alkanes) is 6. The molecule has 0 saturated heterocycles. The van der Waals surface area contributed by atoms with Gasteiger partial charge < -0.3 is 15.3 Å². The Morgan fingerprint density at radius 1 is 0.903 bits per heavy atom. The third kappa shape index (κ3) is 7.23. The van der Waals surface area contributed by atoms with Crippen LogP contribution in [0, 0.1) is 0 Å². The van der Waals surface area contributed by atoms with Crippen molar-refractivity contribution in [1.82, 2.24) is 0 Å². The molecule has 0 aromatic heterocycles. The molecule has 0 heterocycles.